The fraction of sp³-hybridized carbons (Fsp3) is 0.556. The Balaban J connectivity index is 1.76. The van der Waals surface area contributed by atoms with Gasteiger partial charge >= 0.3 is 0 Å². The van der Waals surface area contributed by atoms with Crippen LogP contribution in [0.1, 0.15) is 25.8 Å². The summed E-state index contributed by atoms with van der Waals surface area (Å²) < 4.78 is 5.57. The minimum Gasteiger partial charge on any atom is -0.484 e. The molecule has 1 aromatic rings. The van der Waals surface area contributed by atoms with Crippen LogP contribution in [-0.4, -0.2) is 59.8 Å². The van der Waals surface area contributed by atoms with Crippen molar-refractivity contribution in [3.63, 3.8) is 0 Å². The van der Waals surface area contributed by atoms with Gasteiger partial charge < -0.3 is 14.5 Å². The highest BCUT2D eigenvalue weighted by molar-refractivity contribution is 6.30. The molecule has 1 fully saturated rings. The van der Waals surface area contributed by atoms with E-state index in [4.69, 9.17) is 16.3 Å². The number of ether oxygens (including phenoxy) is 1. The molecule has 24 heavy (non-hydrogen) atoms. The van der Waals surface area contributed by atoms with Crippen molar-refractivity contribution in [2.45, 2.75) is 32.1 Å². The third-order valence-corrected chi connectivity index (χ3v) is 4.30. The quantitative estimate of drug-likeness (QED) is 0.738. The van der Waals surface area contributed by atoms with Gasteiger partial charge in [0, 0.05) is 26.2 Å². The van der Waals surface area contributed by atoms with Gasteiger partial charge in [0.1, 0.15) is 11.1 Å². The first-order chi connectivity index (χ1) is 11.5. The van der Waals surface area contributed by atoms with Crippen molar-refractivity contribution in [3.05, 3.63) is 29.8 Å². The molecule has 1 heterocycles. The van der Waals surface area contributed by atoms with Gasteiger partial charge in [0.05, 0.1) is 0 Å². The number of carbonyl (C=O) groups is 2. The molecule has 1 saturated heterocycles. The Morgan fingerprint density at radius 1 is 1.12 bits per heavy atom. The lowest BCUT2D eigenvalue weighted by Crippen LogP contribution is -2.52. The number of carbonyl (C=O) groups excluding carboxylic acids is 2. The highest BCUT2D eigenvalue weighted by Crippen LogP contribution is 2.14. The van der Waals surface area contributed by atoms with Gasteiger partial charge in [0.25, 0.3) is 5.91 Å². The summed E-state index contributed by atoms with van der Waals surface area (Å²) in [5.41, 5.74) is 1.27. The standard InChI is InChI=1S/C18H25ClN2O3/c1-3-4-15-5-7-16(8-6-15)24-13-17(22)20-9-11-21(12-10-20)18(23)14(2)19/h5-8,14H,3-4,9-13H2,1-2H3. The number of hydrogen-bond acceptors (Lipinski definition) is 3. The lowest BCUT2D eigenvalue weighted by Gasteiger charge is -2.35. The average molecular weight is 353 g/mol. The number of nitrogens with zero attached hydrogens (tertiary/aromatic N) is 2. The second kappa shape index (κ2) is 8.92. The fourth-order valence-corrected chi connectivity index (χ4v) is 2.84. The van der Waals surface area contributed by atoms with Crippen LogP contribution in [0.15, 0.2) is 24.3 Å². The third kappa shape index (κ3) is 5.13. The zero-order valence-corrected chi connectivity index (χ0v) is 15.1. The largest absolute Gasteiger partial charge is 0.484 e. The van der Waals surface area contributed by atoms with Crippen molar-refractivity contribution in [1.29, 1.82) is 0 Å². The molecule has 1 aromatic carbocycles. The van der Waals surface area contributed by atoms with Crippen LogP contribution in [0.3, 0.4) is 0 Å². The van der Waals surface area contributed by atoms with E-state index in [2.05, 4.69) is 6.92 Å². The Morgan fingerprint density at radius 3 is 2.25 bits per heavy atom. The van der Waals surface area contributed by atoms with Gasteiger partial charge in [-0.1, -0.05) is 25.5 Å². The summed E-state index contributed by atoms with van der Waals surface area (Å²) in [7, 11) is 0. The molecule has 132 valence electrons. The Bertz CT molecular complexity index is 552. The first kappa shape index (κ1) is 18.6. The van der Waals surface area contributed by atoms with Crippen LogP contribution in [0.4, 0.5) is 0 Å². The van der Waals surface area contributed by atoms with E-state index < -0.39 is 5.38 Å². The van der Waals surface area contributed by atoms with Crippen molar-refractivity contribution in [2.75, 3.05) is 32.8 Å². The van der Waals surface area contributed by atoms with Crippen LogP contribution < -0.4 is 4.74 Å². The predicted molar refractivity (Wildman–Crippen MR) is 94.4 cm³/mol. The molecule has 0 aromatic heterocycles. The van der Waals surface area contributed by atoms with E-state index in [0.717, 1.165) is 12.8 Å². The molecule has 1 aliphatic rings. The Kier molecular flexibility index (Phi) is 6.91. The van der Waals surface area contributed by atoms with E-state index in [1.54, 1.807) is 16.7 Å². The molecule has 1 aliphatic heterocycles. The molecule has 5 nitrogen and oxygen atoms in total. The lowest BCUT2D eigenvalue weighted by molar-refractivity contribution is -0.140. The summed E-state index contributed by atoms with van der Waals surface area (Å²) in [6, 6.07) is 7.86. The van der Waals surface area contributed by atoms with E-state index in [0.29, 0.717) is 31.9 Å². The maximum absolute atomic E-state index is 12.2. The molecule has 0 N–H and O–H groups in total. The summed E-state index contributed by atoms with van der Waals surface area (Å²) in [5, 5.41) is -0.522. The number of hydrogen-bond donors (Lipinski definition) is 0. The average Bonchev–Trinajstić information content (AvgIpc) is 2.60. The van der Waals surface area contributed by atoms with Crippen LogP contribution >= 0.6 is 11.6 Å². The van der Waals surface area contributed by atoms with Crippen molar-refractivity contribution in [3.8, 4) is 5.75 Å². The fourth-order valence-electron chi connectivity index (χ4n) is 2.71. The van der Waals surface area contributed by atoms with Gasteiger partial charge in [-0.25, -0.2) is 0 Å². The van der Waals surface area contributed by atoms with E-state index in [-0.39, 0.29) is 18.4 Å². The molecule has 1 atom stereocenters. The monoisotopic (exact) mass is 352 g/mol. The number of amides is 2. The topological polar surface area (TPSA) is 49.9 Å². The maximum Gasteiger partial charge on any atom is 0.260 e. The summed E-state index contributed by atoms with van der Waals surface area (Å²) >= 11 is 5.82. The van der Waals surface area contributed by atoms with Crippen LogP contribution in [0.2, 0.25) is 0 Å². The Labute approximate surface area is 148 Å². The van der Waals surface area contributed by atoms with E-state index in [1.807, 2.05) is 24.3 Å². The number of halogens is 1. The molecule has 0 bridgehead atoms. The SMILES string of the molecule is CCCc1ccc(OCC(=O)N2CCN(C(=O)C(C)Cl)CC2)cc1. The first-order valence-electron chi connectivity index (χ1n) is 8.43. The number of alkyl halides is 1. The van der Waals surface area contributed by atoms with E-state index >= 15 is 0 Å². The zero-order chi connectivity index (χ0) is 17.5. The van der Waals surface area contributed by atoms with Gasteiger partial charge in [-0.2, -0.15) is 0 Å². The Morgan fingerprint density at radius 2 is 1.71 bits per heavy atom. The summed E-state index contributed by atoms with van der Waals surface area (Å²) in [4.78, 5) is 27.5. The molecule has 2 amide bonds. The lowest BCUT2D eigenvalue weighted by atomic mass is 10.1. The number of aryl methyl sites for hydroxylation is 1. The minimum absolute atomic E-state index is 0.0208. The van der Waals surface area contributed by atoms with Gasteiger partial charge in [-0.3, -0.25) is 9.59 Å². The first-order valence-corrected chi connectivity index (χ1v) is 8.87. The van der Waals surface area contributed by atoms with Crippen LogP contribution in [0.25, 0.3) is 0 Å². The van der Waals surface area contributed by atoms with Gasteiger partial charge in [0.2, 0.25) is 5.91 Å². The van der Waals surface area contributed by atoms with Crippen LogP contribution in [0, 0.1) is 0 Å². The van der Waals surface area contributed by atoms with Crippen molar-refractivity contribution in [1.82, 2.24) is 9.80 Å². The second-order valence-electron chi connectivity index (χ2n) is 6.00. The summed E-state index contributed by atoms with van der Waals surface area (Å²) in [5.74, 6) is 0.568. The number of benzene rings is 1. The molecule has 2 rings (SSSR count). The predicted octanol–water partition coefficient (Wildman–Crippen LogP) is 2.32. The Hall–Kier alpha value is -1.75. The molecule has 0 radical (unpaired) electrons. The summed E-state index contributed by atoms with van der Waals surface area (Å²) in [6.07, 6.45) is 2.15. The normalized spacial score (nSPS) is 16.0. The van der Waals surface area contributed by atoms with Crippen molar-refractivity contribution >= 4 is 23.4 Å². The van der Waals surface area contributed by atoms with Gasteiger partial charge in [-0.05, 0) is 31.0 Å². The zero-order valence-electron chi connectivity index (χ0n) is 14.3. The van der Waals surface area contributed by atoms with E-state index in [1.165, 1.54) is 5.56 Å². The molecule has 0 aliphatic carbocycles. The van der Waals surface area contributed by atoms with Crippen molar-refractivity contribution < 1.29 is 14.3 Å². The maximum atomic E-state index is 12.2. The van der Waals surface area contributed by atoms with Crippen LogP contribution in [0.5, 0.6) is 5.75 Å². The molecule has 6 heteroatoms. The highest BCUT2D eigenvalue weighted by atomic mass is 35.5. The van der Waals surface area contributed by atoms with Crippen LogP contribution in [-0.2, 0) is 16.0 Å². The smallest absolute Gasteiger partial charge is 0.260 e. The van der Waals surface area contributed by atoms with Gasteiger partial charge in [-0.15, -0.1) is 11.6 Å². The molecular weight excluding hydrogens is 328 g/mol. The minimum atomic E-state index is -0.522. The molecule has 1 unspecified atom stereocenters. The van der Waals surface area contributed by atoms with Crippen molar-refractivity contribution in [2.24, 2.45) is 0 Å². The molecule has 0 saturated carbocycles. The highest BCUT2D eigenvalue weighted by Gasteiger charge is 2.26. The number of piperazine rings is 1. The van der Waals surface area contributed by atoms with Gasteiger partial charge in [0.15, 0.2) is 6.61 Å². The number of rotatable bonds is 6. The third-order valence-electron chi connectivity index (χ3n) is 4.11. The molecular formula is C18H25ClN2O3. The molecule has 0 spiro atoms. The summed E-state index contributed by atoms with van der Waals surface area (Å²) in [6.45, 7) is 5.92. The van der Waals surface area contributed by atoms with E-state index in [9.17, 15) is 9.59 Å². The second-order valence-corrected chi connectivity index (χ2v) is 6.66.